The van der Waals surface area contributed by atoms with Crippen molar-refractivity contribution in [3.05, 3.63) is 29.8 Å². The molecule has 1 aromatic rings. The summed E-state index contributed by atoms with van der Waals surface area (Å²) in [5, 5.41) is 3.45. The lowest BCUT2D eigenvalue weighted by Crippen LogP contribution is -2.22. The van der Waals surface area contributed by atoms with Crippen LogP contribution in [0.4, 0.5) is 0 Å². The highest BCUT2D eigenvalue weighted by Crippen LogP contribution is 2.29. The Morgan fingerprint density at radius 3 is 2.53 bits per heavy atom. The molecule has 2 heteroatoms. The number of nitrogens with one attached hydrogen (secondary N) is 1. The van der Waals surface area contributed by atoms with Crippen molar-refractivity contribution >= 4 is 0 Å². The van der Waals surface area contributed by atoms with E-state index in [-0.39, 0.29) is 6.10 Å². The Bertz CT molecular complexity index is 350. The number of ether oxygens (including phenoxy) is 1. The van der Waals surface area contributed by atoms with E-state index in [1.165, 1.54) is 12.0 Å². The molecule has 1 aliphatic heterocycles. The third-order valence-corrected chi connectivity index (χ3v) is 3.38. The first kappa shape index (κ1) is 12.4. The highest BCUT2D eigenvalue weighted by atomic mass is 16.5. The van der Waals surface area contributed by atoms with E-state index in [2.05, 4.69) is 50.4 Å². The second-order valence-electron chi connectivity index (χ2n) is 5.72. The van der Waals surface area contributed by atoms with Gasteiger partial charge in [-0.3, -0.25) is 0 Å². The summed E-state index contributed by atoms with van der Waals surface area (Å²) in [6, 6.07) is 8.56. The van der Waals surface area contributed by atoms with Crippen molar-refractivity contribution in [2.45, 2.75) is 39.7 Å². The molecular weight excluding hydrogens is 210 g/mol. The molecule has 1 atom stereocenters. The van der Waals surface area contributed by atoms with E-state index in [1.54, 1.807) is 0 Å². The monoisotopic (exact) mass is 233 g/mol. The zero-order valence-corrected chi connectivity index (χ0v) is 11.1. The molecule has 1 N–H and O–H groups in total. The molecule has 2 nitrogen and oxygen atoms in total. The minimum absolute atomic E-state index is 0.248. The first-order chi connectivity index (χ1) is 8.07. The highest BCUT2D eigenvalue weighted by Gasteiger charge is 2.28. The maximum absolute atomic E-state index is 5.65. The van der Waals surface area contributed by atoms with Gasteiger partial charge in [0.05, 0.1) is 6.10 Å². The van der Waals surface area contributed by atoms with E-state index in [1.807, 2.05) is 0 Å². The fraction of sp³-hybridized carbons (Fsp3) is 0.600. The van der Waals surface area contributed by atoms with Gasteiger partial charge in [-0.1, -0.05) is 19.1 Å². The molecule has 2 rings (SSSR count). The van der Waals surface area contributed by atoms with E-state index in [4.69, 9.17) is 4.74 Å². The van der Waals surface area contributed by atoms with Crippen molar-refractivity contribution in [3.63, 3.8) is 0 Å². The molecule has 1 unspecified atom stereocenters. The van der Waals surface area contributed by atoms with Crippen molar-refractivity contribution in [1.82, 2.24) is 5.32 Å². The predicted molar refractivity (Wildman–Crippen MR) is 71.5 cm³/mol. The molecule has 1 heterocycles. The summed E-state index contributed by atoms with van der Waals surface area (Å²) in [4.78, 5) is 0. The molecule has 0 amide bonds. The molecule has 0 aromatic heterocycles. The van der Waals surface area contributed by atoms with Gasteiger partial charge >= 0.3 is 0 Å². The van der Waals surface area contributed by atoms with E-state index < -0.39 is 0 Å². The topological polar surface area (TPSA) is 21.3 Å². The van der Waals surface area contributed by atoms with Crippen LogP contribution in [0.1, 0.15) is 32.8 Å². The van der Waals surface area contributed by atoms with E-state index in [9.17, 15) is 0 Å². The van der Waals surface area contributed by atoms with Gasteiger partial charge in [0.1, 0.15) is 5.75 Å². The molecule has 1 aliphatic rings. The van der Waals surface area contributed by atoms with Crippen molar-refractivity contribution in [1.29, 1.82) is 0 Å². The maximum atomic E-state index is 5.65. The Hall–Kier alpha value is -1.02. The van der Waals surface area contributed by atoms with Gasteiger partial charge in [0.15, 0.2) is 0 Å². The van der Waals surface area contributed by atoms with Gasteiger partial charge in [-0.05, 0) is 56.3 Å². The second-order valence-corrected chi connectivity index (χ2v) is 5.72. The summed E-state index contributed by atoms with van der Waals surface area (Å²) in [5.41, 5.74) is 1.84. The van der Waals surface area contributed by atoms with Crippen LogP contribution in [0, 0.1) is 5.41 Å². The first-order valence-electron chi connectivity index (χ1n) is 6.54. The largest absolute Gasteiger partial charge is 0.491 e. The Morgan fingerprint density at radius 1 is 1.29 bits per heavy atom. The number of rotatable bonds is 4. The van der Waals surface area contributed by atoms with Crippen LogP contribution in [-0.2, 0) is 6.42 Å². The van der Waals surface area contributed by atoms with Gasteiger partial charge in [0.25, 0.3) is 0 Å². The summed E-state index contributed by atoms with van der Waals surface area (Å²) in [6.45, 7) is 8.77. The fourth-order valence-corrected chi connectivity index (χ4v) is 2.47. The van der Waals surface area contributed by atoms with Crippen LogP contribution in [-0.4, -0.2) is 19.2 Å². The fourth-order valence-electron chi connectivity index (χ4n) is 2.47. The zero-order chi connectivity index (χ0) is 12.3. The molecule has 0 spiro atoms. The van der Waals surface area contributed by atoms with E-state index in [0.717, 1.165) is 25.3 Å². The Balaban J connectivity index is 1.98. The van der Waals surface area contributed by atoms with E-state index >= 15 is 0 Å². The average Bonchev–Trinajstić information content (AvgIpc) is 2.67. The van der Waals surface area contributed by atoms with Crippen molar-refractivity contribution in [3.8, 4) is 5.75 Å². The summed E-state index contributed by atoms with van der Waals surface area (Å²) in [6.07, 6.45) is 2.68. The van der Waals surface area contributed by atoms with Crippen LogP contribution >= 0.6 is 0 Å². The van der Waals surface area contributed by atoms with Crippen LogP contribution in [0.2, 0.25) is 0 Å². The summed E-state index contributed by atoms with van der Waals surface area (Å²) >= 11 is 0. The van der Waals surface area contributed by atoms with Crippen LogP contribution in [0.25, 0.3) is 0 Å². The van der Waals surface area contributed by atoms with Crippen molar-refractivity contribution in [2.75, 3.05) is 13.1 Å². The van der Waals surface area contributed by atoms with Gasteiger partial charge in [0, 0.05) is 6.54 Å². The molecule has 1 saturated heterocycles. The molecule has 94 valence electrons. The van der Waals surface area contributed by atoms with Crippen LogP contribution < -0.4 is 10.1 Å². The lowest BCUT2D eigenvalue weighted by atomic mass is 9.83. The summed E-state index contributed by atoms with van der Waals surface area (Å²) in [7, 11) is 0. The SMILES string of the molecule is CC(C)Oc1ccc(CC2(C)CCNC2)cc1. The third kappa shape index (κ3) is 3.47. The molecule has 0 saturated carbocycles. The smallest absolute Gasteiger partial charge is 0.119 e. The zero-order valence-electron chi connectivity index (χ0n) is 11.1. The van der Waals surface area contributed by atoms with Gasteiger partial charge in [0.2, 0.25) is 0 Å². The Kier molecular flexibility index (Phi) is 3.72. The van der Waals surface area contributed by atoms with Gasteiger partial charge in [-0.25, -0.2) is 0 Å². The van der Waals surface area contributed by atoms with Gasteiger partial charge < -0.3 is 10.1 Å². The normalized spacial score (nSPS) is 24.2. The first-order valence-corrected chi connectivity index (χ1v) is 6.54. The molecule has 0 radical (unpaired) electrons. The lowest BCUT2D eigenvalue weighted by molar-refractivity contribution is 0.242. The third-order valence-electron chi connectivity index (χ3n) is 3.38. The Morgan fingerprint density at radius 2 is 2.00 bits per heavy atom. The van der Waals surface area contributed by atoms with Gasteiger partial charge in [-0.15, -0.1) is 0 Å². The molecule has 1 fully saturated rings. The minimum atomic E-state index is 0.248. The minimum Gasteiger partial charge on any atom is -0.491 e. The molecular formula is C15H23NO. The molecule has 0 aliphatic carbocycles. The van der Waals surface area contributed by atoms with E-state index in [0.29, 0.717) is 5.41 Å². The lowest BCUT2D eigenvalue weighted by Gasteiger charge is -2.22. The quantitative estimate of drug-likeness (QED) is 0.863. The molecule has 1 aromatic carbocycles. The van der Waals surface area contributed by atoms with Crippen LogP contribution in [0.3, 0.4) is 0 Å². The van der Waals surface area contributed by atoms with Crippen LogP contribution in [0.15, 0.2) is 24.3 Å². The standard InChI is InChI=1S/C15H23NO/c1-12(2)17-14-6-4-13(5-7-14)10-15(3)8-9-16-11-15/h4-7,12,16H,8-11H2,1-3H3. The molecule has 0 bridgehead atoms. The summed E-state index contributed by atoms with van der Waals surface area (Å²) in [5.74, 6) is 0.971. The van der Waals surface area contributed by atoms with Crippen molar-refractivity contribution in [2.24, 2.45) is 5.41 Å². The predicted octanol–water partition coefficient (Wildman–Crippen LogP) is 3.02. The second kappa shape index (κ2) is 5.09. The van der Waals surface area contributed by atoms with Crippen molar-refractivity contribution < 1.29 is 4.74 Å². The maximum Gasteiger partial charge on any atom is 0.119 e. The number of hydrogen-bond acceptors (Lipinski definition) is 2. The van der Waals surface area contributed by atoms with Crippen LogP contribution in [0.5, 0.6) is 5.75 Å². The molecule has 17 heavy (non-hydrogen) atoms. The Labute approximate surface area is 104 Å². The van der Waals surface area contributed by atoms with Gasteiger partial charge in [-0.2, -0.15) is 0 Å². The highest BCUT2D eigenvalue weighted by molar-refractivity contribution is 5.28. The number of hydrogen-bond donors (Lipinski definition) is 1. The number of benzene rings is 1. The summed E-state index contributed by atoms with van der Waals surface area (Å²) < 4.78 is 5.65. The average molecular weight is 233 g/mol.